The van der Waals surface area contributed by atoms with Crippen molar-refractivity contribution in [1.29, 1.82) is 0 Å². The summed E-state index contributed by atoms with van der Waals surface area (Å²) in [5.41, 5.74) is 2.06. The van der Waals surface area contributed by atoms with E-state index in [4.69, 9.17) is 9.47 Å². The van der Waals surface area contributed by atoms with Crippen LogP contribution in [0.15, 0.2) is 108 Å². The number of amides is 2. The van der Waals surface area contributed by atoms with Crippen molar-refractivity contribution in [3.05, 3.63) is 120 Å². The van der Waals surface area contributed by atoms with E-state index in [1.54, 1.807) is 24.3 Å². The van der Waals surface area contributed by atoms with E-state index in [-0.39, 0.29) is 35.2 Å². The summed E-state index contributed by atoms with van der Waals surface area (Å²) in [6.45, 7) is 6.94. The molecule has 0 saturated carbocycles. The summed E-state index contributed by atoms with van der Waals surface area (Å²) in [5.74, 6) is -0.308. The zero-order valence-corrected chi connectivity index (χ0v) is 28.6. The highest BCUT2D eigenvalue weighted by atomic mass is 32.2. The standard InChI is InChI=1S/C37H43N3O6S/c1-27-17-20-31(21-18-27)47(43,44)40(32-24-30(45-5)19-22-34(32)46-6)26-35(41)39(25-29-15-11-8-12-16-29)33(36(42)38-37(2,3)4)23-28-13-9-7-10-14-28/h7-22,24,33H,23,25-26H2,1-6H3,(H,38,42)/t33-/m1/s1. The van der Waals surface area contributed by atoms with E-state index in [9.17, 15) is 18.0 Å². The van der Waals surface area contributed by atoms with Crippen molar-refractivity contribution in [2.75, 3.05) is 25.1 Å². The Bertz CT molecular complexity index is 1760. The average Bonchev–Trinajstić information content (AvgIpc) is 3.05. The van der Waals surface area contributed by atoms with Gasteiger partial charge >= 0.3 is 0 Å². The van der Waals surface area contributed by atoms with Crippen molar-refractivity contribution in [1.82, 2.24) is 10.2 Å². The molecule has 1 atom stereocenters. The average molecular weight is 658 g/mol. The molecule has 0 unspecified atom stereocenters. The Morgan fingerprint density at radius 3 is 1.96 bits per heavy atom. The number of rotatable bonds is 13. The van der Waals surface area contributed by atoms with Gasteiger partial charge in [0.1, 0.15) is 24.1 Å². The second-order valence-corrected chi connectivity index (χ2v) is 14.2. The van der Waals surface area contributed by atoms with Gasteiger partial charge in [-0.05, 0) is 63.1 Å². The number of nitrogens with zero attached hydrogens (tertiary/aromatic N) is 2. The van der Waals surface area contributed by atoms with Crippen molar-refractivity contribution in [3.63, 3.8) is 0 Å². The first-order valence-electron chi connectivity index (χ1n) is 15.3. The summed E-state index contributed by atoms with van der Waals surface area (Å²) in [6, 6.07) is 29.0. The number of hydrogen-bond donors (Lipinski definition) is 1. The molecule has 4 aromatic carbocycles. The molecular formula is C37H43N3O6S. The molecule has 47 heavy (non-hydrogen) atoms. The number of ether oxygens (including phenoxy) is 2. The van der Waals surface area contributed by atoms with Crippen LogP contribution >= 0.6 is 0 Å². The maximum absolute atomic E-state index is 14.7. The predicted molar refractivity (Wildman–Crippen MR) is 184 cm³/mol. The molecule has 0 aliphatic heterocycles. The van der Waals surface area contributed by atoms with Crippen LogP contribution in [-0.4, -0.2) is 57.5 Å². The van der Waals surface area contributed by atoms with E-state index < -0.39 is 34.1 Å². The maximum atomic E-state index is 14.7. The first-order chi connectivity index (χ1) is 22.3. The van der Waals surface area contributed by atoms with Gasteiger partial charge in [0, 0.05) is 24.6 Å². The zero-order chi connectivity index (χ0) is 34.2. The first kappa shape index (κ1) is 35.0. The monoisotopic (exact) mass is 657 g/mol. The predicted octanol–water partition coefficient (Wildman–Crippen LogP) is 5.76. The Labute approximate surface area is 278 Å². The van der Waals surface area contributed by atoms with Crippen LogP contribution in [0.2, 0.25) is 0 Å². The minimum Gasteiger partial charge on any atom is -0.497 e. The smallest absolute Gasteiger partial charge is 0.264 e. The minimum atomic E-state index is -4.31. The molecule has 0 fully saturated rings. The lowest BCUT2D eigenvalue weighted by atomic mass is 10.0. The lowest BCUT2D eigenvalue weighted by Crippen LogP contribution is -2.56. The molecule has 0 aliphatic rings. The number of anilines is 1. The Morgan fingerprint density at radius 1 is 0.809 bits per heavy atom. The van der Waals surface area contributed by atoms with Gasteiger partial charge in [-0.25, -0.2) is 8.42 Å². The molecule has 0 radical (unpaired) electrons. The number of carbonyl (C=O) groups is 2. The van der Waals surface area contributed by atoms with Crippen molar-refractivity contribution < 1.29 is 27.5 Å². The largest absolute Gasteiger partial charge is 0.497 e. The molecule has 2 amide bonds. The second kappa shape index (κ2) is 15.2. The van der Waals surface area contributed by atoms with Crippen molar-refractivity contribution in [3.8, 4) is 11.5 Å². The Hall–Kier alpha value is -4.83. The fourth-order valence-electron chi connectivity index (χ4n) is 5.13. The summed E-state index contributed by atoms with van der Waals surface area (Å²) in [6.07, 6.45) is 0.217. The van der Waals surface area contributed by atoms with Gasteiger partial charge in [0.05, 0.1) is 24.8 Å². The fourth-order valence-corrected chi connectivity index (χ4v) is 6.55. The third kappa shape index (κ3) is 9.13. The van der Waals surface area contributed by atoms with E-state index >= 15 is 0 Å². The van der Waals surface area contributed by atoms with Gasteiger partial charge < -0.3 is 19.7 Å². The highest BCUT2D eigenvalue weighted by Crippen LogP contribution is 2.36. The summed E-state index contributed by atoms with van der Waals surface area (Å²) >= 11 is 0. The zero-order valence-electron chi connectivity index (χ0n) is 27.8. The molecule has 0 spiro atoms. The molecule has 0 heterocycles. The molecule has 10 heteroatoms. The van der Waals surface area contributed by atoms with E-state index in [0.717, 1.165) is 21.0 Å². The molecule has 0 bridgehead atoms. The molecule has 0 saturated heterocycles. The maximum Gasteiger partial charge on any atom is 0.264 e. The van der Waals surface area contributed by atoms with Gasteiger partial charge in [-0.15, -0.1) is 0 Å². The number of sulfonamides is 1. The summed E-state index contributed by atoms with van der Waals surface area (Å²) in [4.78, 5) is 30.2. The number of benzene rings is 4. The minimum absolute atomic E-state index is 0.00157. The molecule has 248 valence electrons. The van der Waals surface area contributed by atoms with Crippen LogP contribution < -0.4 is 19.1 Å². The fraction of sp³-hybridized carbons (Fsp3) is 0.297. The van der Waals surface area contributed by atoms with Crippen LogP contribution in [-0.2, 0) is 32.6 Å². The third-order valence-corrected chi connectivity index (χ3v) is 9.28. The quantitative estimate of drug-likeness (QED) is 0.196. The number of nitrogens with one attached hydrogen (secondary N) is 1. The van der Waals surface area contributed by atoms with Gasteiger partial charge in [0.15, 0.2) is 0 Å². The normalized spacial score (nSPS) is 12.1. The molecule has 0 aromatic heterocycles. The van der Waals surface area contributed by atoms with E-state index in [1.165, 1.54) is 37.3 Å². The number of carbonyl (C=O) groups excluding carboxylic acids is 2. The van der Waals surface area contributed by atoms with Crippen LogP contribution in [0.25, 0.3) is 0 Å². The highest BCUT2D eigenvalue weighted by Gasteiger charge is 2.36. The number of methoxy groups -OCH3 is 2. The molecule has 4 rings (SSSR count). The van der Waals surface area contributed by atoms with Gasteiger partial charge in [-0.3, -0.25) is 13.9 Å². The third-order valence-electron chi connectivity index (χ3n) is 7.51. The molecule has 1 N–H and O–H groups in total. The van der Waals surface area contributed by atoms with Crippen LogP contribution in [0.3, 0.4) is 0 Å². The van der Waals surface area contributed by atoms with Crippen molar-refractivity contribution in [2.24, 2.45) is 0 Å². The van der Waals surface area contributed by atoms with E-state index in [2.05, 4.69) is 5.32 Å². The summed E-state index contributed by atoms with van der Waals surface area (Å²) < 4.78 is 40.8. The van der Waals surface area contributed by atoms with Crippen LogP contribution in [0, 0.1) is 6.92 Å². The van der Waals surface area contributed by atoms with Crippen LogP contribution in [0.4, 0.5) is 5.69 Å². The SMILES string of the molecule is COc1ccc(OC)c(N(CC(=O)N(Cc2ccccc2)[C@H](Cc2ccccc2)C(=O)NC(C)(C)C)S(=O)(=O)c2ccc(C)cc2)c1. The molecule has 9 nitrogen and oxygen atoms in total. The Kier molecular flexibility index (Phi) is 11.3. The van der Waals surface area contributed by atoms with Gasteiger partial charge in [-0.1, -0.05) is 78.4 Å². The van der Waals surface area contributed by atoms with Crippen LogP contribution in [0.5, 0.6) is 11.5 Å². The van der Waals surface area contributed by atoms with E-state index in [1.807, 2.05) is 88.4 Å². The summed E-state index contributed by atoms with van der Waals surface area (Å²) in [5, 5.41) is 3.04. The molecule has 0 aliphatic carbocycles. The van der Waals surface area contributed by atoms with E-state index in [0.29, 0.717) is 5.75 Å². The number of hydrogen-bond acceptors (Lipinski definition) is 6. The Balaban J connectivity index is 1.87. The Morgan fingerprint density at radius 2 is 1.40 bits per heavy atom. The van der Waals surface area contributed by atoms with Gasteiger partial charge in [0.2, 0.25) is 11.8 Å². The van der Waals surface area contributed by atoms with Crippen molar-refractivity contribution >= 4 is 27.5 Å². The van der Waals surface area contributed by atoms with Crippen molar-refractivity contribution in [2.45, 2.75) is 57.1 Å². The van der Waals surface area contributed by atoms with Gasteiger partial charge in [0.25, 0.3) is 10.0 Å². The number of aryl methyl sites for hydroxylation is 1. The second-order valence-electron chi connectivity index (χ2n) is 12.3. The van der Waals surface area contributed by atoms with Gasteiger partial charge in [-0.2, -0.15) is 0 Å². The molecule has 4 aromatic rings. The lowest BCUT2D eigenvalue weighted by molar-refractivity contribution is -0.140. The first-order valence-corrected chi connectivity index (χ1v) is 16.8. The molecular weight excluding hydrogens is 614 g/mol. The topological polar surface area (TPSA) is 105 Å². The lowest BCUT2D eigenvalue weighted by Gasteiger charge is -2.35. The highest BCUT2D eigenvalue weighted by molar-refractivity contribution is 7.92. The van der Waals surface area contributed by atoms with Crippen LogP contribution in [0.1, 0.15) is 37.5 Å². The summed E-state index contributed by atoms with van der Waals surface area (Å²) in [7, 11) is -1.41.